The maximum atomic E-state index is 6.07. The van der Waals surface area contributed by atoms with Gasteiger partial charge >= 0.3 is 0 Å². The van der Waals surface area contributed by atoms with Gasteiger partial charge in [0.25, 0.3) is 0 Å². The summed E-state index contributed by atoms with van der Waals surface area (Å²) in [6, 6.07) is 4.41. The van der Waals surface area contributed by atoms with Gasteiger partial charge in [0.1, 0.15) is 5.75 Å². The molecule has 23 heavy (non-hydrogen) atoms. The number of thiazole rings is 1. The predicted octanol–water partition coefficient (Wildman–Crippen LogP) is 5.39. The number of ether oxygens (including phenoxy) is 1. The Morgan fingerprint density at radius 2 is 1.57 bits per heavy atom. The van der Waals surface area contributed by atoms with E-state index in [1.807, 2.05) is 12.3 Å². The third-order valence-electron chi connectivity index (χ3n) is 3.81. The molecule has 0 aliphatic rings. The highest BCUT2D eigenvalue weighted by Crippen LogP contribution is 2.42. The number of aromatic nitrogens is 1. The van der Waals surface area contributed by atoms with Crippen molar-refractivity contribution in [2.24, 2.45) is 0 Å². The molecule has 126 valence electrons. The first kappa shape index (κ1) is 17.8. The number of anilines is 1. The topological polar surface area (TPSA) is 48.1 Å². The second-order valence-electron chi connectivity index (χ2n) is 7.90. The molecule has 2 N–H and O–H groups in total. The normalized spacial score (nSPS) is 12.5. The molecule has 2 rings (SSSR count). The van der Waals surface area contributed by atoms with E-state index >= 15 is 0 Å². The van der Waals surface area contributed by atoms with Gasteiger partial charge in [-0.3, -0.25) is 0 Å². The lowest BCUT2D eigenvalue weighted by Crippen LogP contribution is -2.20. The first-order valence-corrected chi connectivity index (χ1v) is 8.95. The third-order valence-corrected chi connectivity index (χ3v) is 4.49. The number of hydrogen-bond donors (Lipinski definition) is 1. The molecule has 0 saturated heterocycles. The summed E-state index contributed by atoms with van der Waals surface area (Å²) in [5, 5.41) is 2.62. The largest absolute Gasteiger partial charge is 0.493 e. The van der Waals surface area contributed by atoms with E-state index < -0.39 is 0 Å². The van der Waals surface area contributed by atoms with Crippen LogP contribution in [0.2, 0.25) is 0 Å². The molecule has 0 fully saturated rings. The molecule has 0 aliphatic heterocycles. The molecule has 0 aliphatic carbocycles. The van der Waals surface area contributed by atoms with E-state index in [2.05, 4.69) is 58.7 Å². The highest BCUT2D eigenvalue weighted by Gasteiger charge is 2.28. The number of benzene rings is 1. The van der Waals surface area contributed by atoms with E-state index in [9.17, 15) is 0 Å². The van der Waals surface area contributed by atoms with Gasteiger partial charge in [0.05, 0.1) is 12.3 Å². The van der Waals surface area contributed by atoms with E-state index in [1.165, 1.54) is 22.5 Å². The third kappa shape index (κ3) is 3.86. The quantitative estimate of drug-likeness (QED) is 0.820. The Morgan fingerprint density at radius 3 is 1.91 bits per heavy atom. The van der Waals surface area contributed by atoms with Crippen LogP contribution < -0.4 is 10.5 Å². The smallest absolute Gasteiger partial charge is 0.180 e. The van der Waals surface area contributed by atoms with Gasteiger partial charge < -0.3 is 10.5 Å². The molecular formula is C19H28N2OS. The Bertz CT molecular complexity index is 655. The molecule has 1 aromatic heterocycles. The summed E-state index contributed by atoms with van der Waals surface area (Å²) in [4.78, 5) is 4.46. The number of nitrogens with zero attached hydrogens (tertiary/aromatic N) is 1. The van der Waals surface area contributed by atoms with E-state index in [0.717, 1.165) is 17.0 Å². The molecule has 0 bridgehead atoms. The highest BCUT2D eigenvalue weighted by molar-refractivity contribution is 7.13. The first-order chi connectivity index (χ1) is 10.5. The first-order valence-electron chi connectivity index (χ1n) is 8.07. The molecule has 0 atom stereocenters. The van der Waals surface area contributed by atoms with Gasteiger partial charge in [-0.25, -0.2) is 4.98 Å². The van der Waals surface area contributed by atoms with Gasteiger partial charge in [0.15, 0.2) is 5.13 Å². The number of nitrogen functional groups attached to an aromatic ring is 1. The van der Waals surface area contributed by atoms with Crippen LogP contribution in [0.5, 0.6) is 5.75 Å². The summed E-state index contributed by atoms with van der Waals surface area (Å²) in [5.41, 5.74) is 10.3. The fraction of sp³-hybridized carbons (Fsp3) is 0.526. The van der Waals surface area contributed by atoms with Crippen LogP contribution in [0.3, 0.4) is 0 Å². The van der Waals surface area contributed by atoms with Crippen molar-refractivity contribution in [1.82, 2.24) is 4.98 Å². The lowest BCUT2D eigenvalue weighted by Gasteiger charge is -2.30. The summed E-state index contributed by atoms with van der Waals surface area (Å²) < 4.78 is 6.07. The Morgan fingerprint density at radius 1 is 1.04 bits per heavy atom. The SMILES string of the molecule is CCOc1c(C(C)(C)C)cc(-c2csc(N)n2)cc1C(C)(C)C. The molecule has 3 nitrogen and oxygen atoms in total. The van der Waals surface area contributed by atoms with Crippen molar-refractivity contribution < 1.29 is 4.74 Å². The van der Waals surface area contributed by atoms with Crippen molar-refractivity contribution in [2.75, 3.05) is 12.3 Å². The van der Waals surface area contributed by atoms with Crippen LogP contribution in [-0.2, 0) is 10.8 Å². The van der Waals surface area contributed by atoms with E-state index in [0.29, 0.717) is 11.7 Å². The van der Waals surface area contributed by atoms with Crippen LogP contribution >= 0.6 is 11.3 Å². The molecule has 4 heteroatoms. The lowest BCUT2D eigenvalue weighted by molar-refractivity contribution is 0.319. The zero-order valence-electron chi connectivity index (χ0n) is 15.3. The van der Waals surface area contributed by atoms with Gasteiger partial charge in [0, 0.05) is 22.1 Å². The van der Waals surface area contributed by atoms with Gasteiger partial charge in [0.2, 0.25) is 0 Å². The second kappa shape index (κ2) is 6.16. The van der Waals surface area contributed by atoms with Gasteiger partial charge in [-0.2, -0.15) is 0 Å². The summed E-state index contributed by atoms with van der Waals surface area (Å²) >= 11 is 1.48. The van der Waals surface area contributed by atoms with Crippen molar-refractivity contribution >= 4 is 16.5 Å². The molecule has 2 aromatic rings. The average Bonchev–Trinajstić information content (AvgIpc) is 2.83. The molecular weight excluding hydrogens is 304 g/mol. The lowest BCUT2D eigenvalue weighted by atomic mass is 9.78. The summed E-state index contributed by atoms with van der Waals surface area (Å²) in [5.74, 6) is 1.01. The molecule has 0 radical (unpaired) electrons. The van der Waals surface area contributed by atoms with Gasteiger partial charge in [-0.15, -0.1) is 11.3 Å². The minimum atomic E-state index is -0.0118. The van der Waals surface area contributed by atoms with Crippen LogP contribution in [-0.4, -0.2) is 11.6 Å². The Kier molecular flexibility index (Phi) is 4.76. The minimum Gasteiger partial charge on any atom is -0.493 e. The zero-order valence-corrected chi connectivity index (χ0v) is 16.1. The van der Waals surface area contributed by atoms with Crippen LogP contribution in [0, 0.1) is 0 Å². The Hall–Kier alpha value is -1.55. The van der Waals surface area contributed by atoms with Crippen molar-refractivity contribution in [1.29, 1.82) is 0 Å². The molecule has 1 aromatic carbocycles. The van der Waals surface area contributed by atoms with Crippen molar-refractivity contribution in [2.45, 2.75) is 59.3 Å². The molecule has 0 amide bonds. The van der Waals surface area contributed by atoms with E-state index in [1.54, 1.807) is 0 Å². The Labute approximate surface area is 143 Å². The molecule has 0 saturated carbocycles. The van der Waals surface area contributed by atoms with Crippen molar-refractivity contribution in [3.63, 3.8) is 0 Å². The predicted molar refractivity (Wildman–Crippen MR) is 101 cm³/mol. The van der Waals surface area contributed by atoms with Gasteiger partial charge in [-0.05, 0) is 29.9 Å². The average molecular weight is 333 g/mol. The highest BCUT2D eigenvalue weighted by atomic mass is 32.1. The van der Waals surface area contributed by atoms with Crippen molar-refractivity contribution in [3.8, 4) is 17.0 Å². The minimum absolute atomic E-state index is 0.0118. The maximum Gasteiger partial charge on any atom is 0.180 e. The van der Waals surface area contributed by atoms with Crippen LogP contribution in [0.15, 0.2) is 17.5 Å². The molecule has 1 heterocycles. The monoisotopic (exact) mass is 332 g/mol. The number of nitrogens with two attached hydrogens (primary N) is 1. The second-order valence-corrected chi connectivity index (χ2v) is 8.79. The standard InChI is InChI=1S/C19H28N2OS/c1-8-22-16-13(18(2,3)4)9-12(10-14(16)19(5,6)7)15-11-23-17(20)21-15/h9-11H,8H2,1-7H3,(H2,20,21). The van der Waals surface area contributed by atoms with Gasteiger partial charge in [-0.1, -0.05) is 41.5 Å². The molecule has 0 unspecified atom stereocenters. The zero-order chi connectivity index (χ0) is 17.4. The van der Waals surface area contributed by atoms with Crippen molar-refractivity contribution in [3.05, 3.63) is 28.6 Å². The fourth-order valence-electron chi connectivity index (χ4n) is 2.61. The van der Waals surface area contributed by atoms with E-state index in [4.69, 9.17) is 10.5 Å². The van der Waals surface area contributed by atoms with Crippen LogP contribution in [0.25, 0.3) is 11.3 Å². The number of hydrogen-bond acceptors (Lipinski definition) is 4. The van der Waals surface area contributed by atoms with E-state index in [-0.39, 0.29) is 10.8 Å². The van der Waals surface area contributed by atoms with Crippen LogP contribution in [0.1, 0.15) is 59.6 Å². The summed E-state index contributed by atoms with van der Waals surface area (Å²) in [7, 11) is 0. The summed E-state index contributed by atoms with van der Waals surface area (Å²) in [6.45, 7) is 16.0. The Balaban J connectivity index is 2.77. The fourth-order valence-corrected chi connectivity index (χ4v) is 3.18. The van der Waals surface area contributed by atoms with Crippen LogP contribution in [0.4, 0.5) is 5.13 Å². The maximum absolute atomic E-state index is 6.07. The molecule has 0 spiro atoms. The number of rotatable bonds is 3. The summed E-state index contributed by atoms with van der Waals surface area (Å²) in [6.07, 6.45) is 0.